The highest BCUT2D eigenvalue weighted by atomic mass is 32.2. The summed E-state index contributed by atoms with van der Waals surface area (Å²) in [6.07, 6.45) is 4.52. The number of ether oxygens (including phenoxy) is 1. The molecular weight excluding hydrogens is 410 g/mol. The highest BCUT2D eigenvalue weighted by Gasteiger charge is 2.16. The van der Waals surface area contributed by atoms with Crippen molar-refractivity contribution in [2.45, 2.75) is 11.0 Å². The molecule has 1 aliphatic rings. The Labute approximate surface area is 176 Å². The zero-order chi connectivity index (χ0) is 19.6. The summed E-state index contributed by atoms with van der Waals surface area (Å²) in [6, 6.07) is 8.52. The maximum Gasteiger partial charge on any atom is 0.175 e. The Morgan fingerprint density at radius 3 is 2.66 bits per heavy atom. The van der Waals surface area contributed by atoms with Crippen molar-refractivity contribution in [2.24, 2.45) is 0 Å². The fourth-order valence-electron chi connectivity index (χ4n) is 3.08. The molecule has 1 atom stereocenters. The van der Waals surface area contributed by atoms with Crippen molar-refractivity contribution in [1.29, 1.82) is 0 Å². The van der Waals surface area contributed by atoms with Gasteiger partial charge in [-0.15, -0.1) is 0 Å². The number of pyridine rings is 1. The summed E-state index contributed by atoms with van der Waals surface area (Å²) < 4.78 is 29.1. The van der Waals surface area contributed by atoms with Crippen LogP contribution in [0.5, 0.6) is 0 Å². The van der Waals surface area contributed by atoms with Crippen molar-refractivity contribution in [3.8, 4) is 11.3 Å². The van der Waals surface area contributed by atoms with Gasteiger partial charge in [0.25, 0.3) is 0 Å². The van der Waals surface area contributed by atoms with Gasteiger partial charge in [-0.05, 0) is 18.2 Å². The van der Waals surface area contributed by atoms with Crippen LogP contribution in [0.1, 0.15) is 0 Å². The molecule has 0 saturated carbocycles. The third-order valence-electron chi connectivity index (χ3n) is 4.54. The molecule has 0 spiro atoms. The fourth-order valence-corrected chi connectivity index (χ4v) is 3.71. The van der Waals surface area contributed by atoms with Crippen LogP contribution in [0, 0.1) is 0 Å². The summed E-state index contributed by atoms with van der Waals surface area (Å²) in [6.45, 7) is 2.93. The number of fused-ring (bicyclic) bond motifs is 1. The van der Waals surface area contributed by atoms with E-state index in [1.54, 1.807) is 36.7 Å². The maximum absolute atomic E-state index is 11.7. The summed E-state index contributed by atoms with van der Waals surface area (Å²) in [5.41, 5.74) is 2.89. The van der Waals surface area contributed by atoms with E-state index in [2.05, 4.69) is 20.6 Å². The third-order valence-corrected chi connectivity index (χ3v) is 5.66. The predicted molar refractivity (Wildman–Crippen MR) is 117 cm³/mol. The zero-order valence-electron chi connectivity index (χ0n) is 15.9. The SMILES string of the molecule is CS(=O)(=O)c1ccc(-c2cc3nccnc3c(NC[C@@H]3CNCCO3)n2)cc1.S. The summed E-state index contributed by atoms with van der Waals surface area (Å²) in [4.78, 5) is 13.8. The van der Waals surface area contributed by atoms with E-state index in [1.807, 2.05) is 6.07 Å². The molecule has 29 heavy (non-hydrogen) atoms. The smallest absolute Gasteiger partial charge is 0.175 e. The van der Waals surface area contributed by atoms with Crippen LogP contribution in [-0.4, -0.2) is 62.0 Å². The summed E-state index contributed by atoms with van der Waals surface area (Å²) in [5.74, 6) is 0.627. The minimum atomic E-state index is -3.24. The Balaban J connectivity index is 0.00000240. The van der Waals surface area contributed by atoms with E-state index >= 15 is 0 Å². The van der Waals surface area contributed by atoms with E-state index in [0.717, 1.165) is 18.7 Å². The Morgan fingerprint density at radius 1 is 1.21 bits per heavy atom. The van der Waals surface area contributed by atoms with Crippen molar-refractivity contribution in [3.05, 3.63) is 42.7 Å². The molecule has 1 fully saturated rings. The summed E-state index contributed by atoms with van der Waals surface area (Å²) >= 11 is 0. The van der Waals surface area contributed by atoms with Gasteiger partial charge in [0.15, 0.2) is 15.7 Å². The fraction of sp³-hybridized carbons (Fsp3) is 0.316. The third kappa shape index (κ3) is 5.02. The quantitative estimate of drug-likeness (QED) is 0.625. The lowest BCUT2D eigenvalue weighted by molar-refractivity contribution is 0.0372. The first-order valence-electron chi connectivity index (χ1n) is 8.99. The van der Waals surface area contributed by atoms with Crippen molar-refractivity contribution in [2.75, 3.05) is 37.8 Å². The molecule has 0 bridgehead atoms. The van der Waals surface area contributed by atoms with Gasteiger partial charge in [-0.25, -0.2) is 18.4 Å². The van der Waals surface area contributed by atoms with Gasteiger partial charge >= 0.3 is 0 Å². The molecule has 2 aromatic heterocycles. The number of anilines is 1. The number of nitrogens with zero attached hydrogens (tertiary/aromatic N) is 3. The van der Waals surface area contributed by atoms with Crippen LogP contribution in [0.15, 0.2) is 47.6 Å². The van der Waals surface area contributed by atoms with Crippen molar-refractivity contribution in [1.82, 2.24) is 20.3 Å². The lowest BCUT2D eigenvalue weighted by Crippen LogP contribution is -2.42. The molecule has 0 aliphatic carbocycles. The molecule has 2 N–H and O–H groups in total. The Kier molecular flexibility index (Phi) is 6.68. The van der Waals surface area contributed by atoms with E-state index in [-0.39, 0.29) is 24.5 Å². The van der Waals surface area contributed by atoms with Crippen LogP contribution in [-0.2, 0) is 14.6 Å². The summed E-state index contributed by atoms with van der Waals surface area (Å²) in [7, 11) is -3.24. The van der Waals surface area contributed by atoms with Crippen LogP contribution in [0.25, 0.3) is 22.3 Å². The first kappa shape index (κ1) is 21.4. The molecule has 3 heterocycles. The molecule has 0 radical (unpaired) electrons. The number of benzene rings is 1. The monoisotopic (exact) mass is 433 g/mol. The van der Waals surface area contributed by atoms with Crippen LogP contribution >= 0.6 is 13.5 Å². The topological polar surface area (TPSA) is 106 Å². The predicted octanol–water partition coefficient (Wildman–Crippen LogP) is 1.61. The van der Waals surface area contributed by atoms with Gasteiger partial charge < -0.3 is 15.4 Å². The highest BCUT2D eigenvalue weighted by Crippen LogP contribution is 2.26. The largest absolute Gasteiger partial charge is 0.374 e. The van der Waals surface area contributed by atoms with Gasteiger partial charge in [-0.2, -0.15) is 13.5 Å². The lowest BCUT2D eigenvalue weighted by atomic mass is 10.1. The summed E-state index contributed by atoms with van der Waals surface area (Å²) in [5, 5.41) is 6.63. The van der Waals surface area contributed by atoms with Crippen molar-refractivity contribution in [3.63, 3.8) is 0 Å². The second-order valence-electron chi connectivity index (χ2n) is 6.65. The average molecular weight is 434 g/mol. The molecule has 10 heteroatoms. The number of hydrogen-bond acceptors (Lipinski definition) is 8. The van der Waals surface area contributed by atoms with E-state index in [0.29, 0.717) is 35.7 Å². The normalized spacial score (nSPS) is 16.9. The van der Waals surface area contributed by atoms with E-state index in [4.69, 9.17) is 9.72 Å². The minimum Gasteiger partial charge on any atom is -0.374 e. The first-order valence-corrected chi connectivity index (χ1v) is 10.9. The number of hydrogen-bond donors (Lipinski definition) is 2. The van der Waals surface area contributed by atoms with Crippen LogP contribution in [0.3, 0.4) is 0 Å². The molecule has 1 aromatic carbocycles. The van der Waals surface area contributed by atoms with Gasteiger partial charge in [0.2, 0.25) is 0 Å². The molecule has 3 aromatic rings. The number of sulfone groups is 1. The molecule has 8 nitrogen and oxygen atoms in total. The number of aromatic nitrogens is 3. The number of nitrogens with one attached hydrogen (secondary N) is 2. The molecule has 1 aliphatic heterocycles. The first-order chi connectivity index (χ1) is 13.5. The minimum absolute atomic E-state index is 0. The van der Waals surface area contributed by atoms with Gasteiger partial charge in [-0.3, -0.25) is 4.98 Å². The highest BCUT2D eigenvalue weighted by molar-refractivity contribution is 7.90. The van der Waals surface area contributed by atoms with Gasteiger partial charge in [-0.1, -0.05) is 12.1 Å². The lowest BCUT2D eigenvalue weighted by Gasteiger charge is -2.24. The van der Waals surface area contributed by atoms with E-state index < -0.39 is 9.84 Å². The zero-order valence-corrected chi connectivity index (χ0v) is 17.7. The van der Waals surface area contributed by atoms with Crippen molar-refractivity contribution < 1.29 is 13.2 Å². The van der Waals surface area contributed by atoms with E-state index in [1.165, 1.54) is 6.26 Å². The number of morpholine rings is 1. The van der Waals surface area contributed by atoms with Gasteiger partial charge in [0, 0.05) is 43.8 Å². The standard InChI is InChI=1S/C19H21N5O3S.H2S/c1-28(25,26)15-4-2-13(3-5-15)16-10-17-18(22-7-6-21-17)19(24-16)23-12-14-11-20-8-9-27-14;/h2-7,10,14,20H,8-9,11-12H2,1H3,(H,23,24);1H2/t14-;/m0./s1. The molecule has 1 saturated heterocycles. The Hall–Kier alpha value is -2.27. The van der Waals surface area contributed by atoms with Crippen LogP contribution in [0.2, 0.25) is 0 Å². The molecule has 4 rings (SSSR count). The Morgan fingerprint density at radius 2 is 1.97 bits per heavy atom. The van der Waals surface area contributed by atoms with E-state index in [9.17, 15) is 8.42 Å². The average Bonchev–Trinajstić information content (AvgIpc) is 2.72. The van der Waals surface area contributed by atoms with Gasteiger partial charge in [0.1, 0.15) is 5.52 Å². The molecule has 154 valence electrons. The van der Waals surface area contributed by atoms with Crippen molar-refractivity contribution >= 4 is 40.2 Å². The Bertz CT molecular complexity index is 1080. The van der Waals surface area contributed by atoms with Crippen LogP contribution < -0.4 is 10.6 Å². The second-order valence-corrected chi connectivity index (χ2v) is 8.67. The van der Waals surface area contributed by atoms with Gasteiger partial charge in [0.05, 0.1) is 28.8 Å². The second kappa shape index (κ2) is 9.04. The van der Waals surface area contributed by atoms with Crippen LogP contribution in [0.4, 0.5) is 5.82 Å². The number of rotatable bonds is 5. The molecular formula is C19H23N5O3S2. The molecule has 0 amide bonds. The molecule has 0 unspecified atom stereocenters. The maximum atomic E-state index is 11.7.